The molecule has 5 heteroatoms. The van der Waals surface area contributed by atoms with Crippen LogP contribution in [-0.2, 0) is 25.9 Å². The lowest BCUT2D eigenvalue weighted by Gasteiger charge is -2.35. The molecule has 1 atom stereocenters. The molecule has 0 aliphatic heterocycles. The van der Waals surface area contributed by atoms with Gasteiger partial charge in [-0.2, -0.15) is 5.26 Å². The van der Waals surface area contributed by atoms with Crippen LogP contribution in [0.2, 0.25) is 0 Å². The number of fused-ring (bicyclic) bond motifs is 1. The Bertz CT molecular complexity index is 1890. The monoisotopic (exact) mass is 605 g/mol. The van der Waals surface area contributed by atoms with Crippen molar-refractivity contribution in [3.05, 3.63) is 178 Å². The zero-order valence-corrected chi connectivity index (χ0v) is 25.9. The second-order valence-corrected chi connectivity index (χ2v) is 12.4. The van der Waals surface area contributed by atoms with E-state index >= 15 is 0 Å². The molecule has 5 aromatic carbocycles. The summed E-state index contributed by atoms with van der Waals surface area (Å²) < 4.78 is 18.6. The van der Waals surface area contributed by atoms with Crippen molar-refractivity contribution in [3.8, 4) is 6.07 Å². The number of esters is 1. The third kappa shape index (κ3) is 5.81. The van der Waals surface area contributed by atoms with Crippen LogP contribution in [0.4, 0.5) is 0 Å². The molecule has 0 bridgehead atoms. The molecule has 0 radical (unpaired) electrons. The first kappa shape index (κ1) is 29.7. The summed E-state index contributed by atoms with van der Waals surface area (Å²) in [6.45, 7) is 2.01. The number of nitrogens with zero attached hydrogens (tertiary/aromatic N) is 1. The Morgan fingerprint density at radius 3 is 1.80 bits per heavy atom. The molecule has 0 amide bonds. The van der Waals surface area contributed by atoms with Gasteiger partial charge >= 0.3 is 5.97 Å². The molecule has 6 rings (SSSR count). The highest BCUT2D eigenvalue weighted by atomic mass is 32.2. The van der Waals surface area contributed by atoms with Crippen molar-refractivity contribution in [3.63, 3.8) is 0 Å². The SMILES string of the molecule is CC1=C(CC(=O)OC(c2ccccc2)(c2ccccc2)c2ccccc2)c2cc(C#N)ccc2C1=Cc1ccc(S(C)=O)cc1. The number of hydrogen-bond donors (Lipinski definition) is 0. The van der Waals surface area contributed by atoms with Crippen LogP contribution in [0, 0.1) is 11.3 Å². The summed E-state index contributed by atoms with van der Waals surface area (Å²) in [7, 11) is -1.06. The molecule has 45 heavy (non-hydrogen) atoms. The number of benzene rings is 5. The van der Waals surface area contributed by atoms with Crippen molar-refractivity contribution in [1.82, 2.24) is 0 Å². The largest absolute Gasteiger partial charge is 0.444 e. The number of hydrogen-bond acceptors (Lipinski definition) is 4. The predicted octanol–water partition coefficient (Wildman–Crippen LogP) is 8.55. The van der Waals surface area contributed by atoms with E-state index in [-0.39, 0.29) is 12.4 Å². The molecule has 0 saturated carbocycles. The number of nitriles is 1. The van der Waals surface area contributed by atoms with Gasteiger partial charge in [0.25, 0.3) is 0 Å². The van der Waals surface area contributed by atoms with Crippen molar-refractivity contribution < 1.29 is 13.7 Å². The molecule has 0 heterocycles. The van der Waals surface area contributed by atoms with Crippen LogP contribution in [0.25, 0.3) is 17.2 Å². The zero-order valence-electron chi connectivity index (χ0n) is 25.1. The summed E-state index contributed by atoms with van der Waals surface area (Å²) in [6, 6.07) is 45.0. The summed E-state index contributed by atoms with van der Waals surface area (Å²) in [5.41, 5.74) is 7.39. The van der Waals surface area contributed by atoms with E-state index in [0.717, 1.165) is 55.0 Å². The van der Waals surface area contributed by atoms with Gasteiger partial charge in [-0.15, -0.1) is 0 Å². The first-order valence-electron chi connectivity index (χ1n) is 14.7. The molecule has 5 aromatic rings. The van der Waals surface area contributed by atoms with E-state index in [1.54, 1.807) is 12.3 Å². The quantitative estimate of drug-likeness (QED) is 0.131. The third-order valence-electron chi connectivity index (χ3n) is 8.27. The maximum Gasteiger partial charge on any atom is 0.311 e. The van der Waals surface area contributed by atoms with Crippen molar-refractivity contribution in [1.29, 1.82) is 5.26 Å². The Hall–Kier alpha value is -5.31. The fourth-order valence-corrected chi connectivity index (χ4v) is 6.57. The van der Waals surface area contributed by atoms with Gasteiger partial charge in [0.15, 0.2) is 5.60 Å². The van der Waals surface area contributed by atoms with Crippen LogP contribution in [0.15, 0.2) is 144 Å². The topological polar surface area (TPSA) is 67.2 Å². The van der Waals surface area contributed by atoms with E-state index in [0.29, 0.717) is 5.56 Å². The van der Waals surface area contributed by atoms with Crippen molar-refractivity contribution >= 4 is 34.0 Å². The number of carbonyl (C=O) groups is 1. The fourth-order valence-electron chi connectivity index (χ4n) is 6.05. The van der Waals surface area contributed by atoms with Gasteiger partial charge in [0.1, 0.15) is 0 Å². The smallest absolute Gasteiger partial charge is 0.311 e. The van der Waals surface area contributed by atoms with Gasteiger partial charge in [-0.3, -0.25) is 9.00 Å². The first-order valence-corrected chi connectivity index (χ1v) is 16.2. The van der Waals surface area contributed by atoms with Crippen molar-refractivity contribution in [2.24, 2.45) is 0 Å². The number of ether oxygens (including phenoxy) is 1. The second kappa shape index (κ2) is 12.7. The number of rotatable bonds is 8. The van der Waals surface area contributed by atoms with E-state index in [2.05, 4.69) is 12.1 Å². The van der Waals surface area contributed by atoms with E-state index < -0.39 is 16.4 Å². The molecule has 0 N–H and O–H groups in total. The fraction of sp³-hybridized carbons (Fsp3) is 0.100. The molecule has 0 spiro atoms. The molecule has 0 fully saturated rings. The van der Waals surface area contributed by atoms with E-state index in [9.17, 15) is 14.3 Å². The number of carbonyl (C=O) groups excluding carboxylic acids is 1. The third-order valence-corrected chi connectivity index (χ3v) is 9.21. The second-order valence-electron chi connectivity index (χ2n) is 11.0. The summed E-state index contributed by atoms with van der Waals surface area (Å²) in [5, 5.41) is 9.71. The van der Waals surface area contributed by atoms with Crippen LogP contribution in [0.1, 0.15) is 52.3 Å². The summed E-state index contributed by atoms with van der Waals surface area (Å²) >= 11 is 0. The molecular weight excluding hydrogens is 575 g/mol. The van der Waals surface area contributed by atoms with Crippen molar-refractivity contribution in [2.45, 2.75) is 23.8 Å². The van der Waals surface area contributed by atoms with Crippen LogP contribution in [0.5, 0.6) is 0 Å². The average Bonchev–Trinajstić information content (AvgIpc) is 3.33. The summed E-state index contributed by atoms with van der Waals surface area (Å²) in [5.74, 6) is -0.384. The van der Waals surface area contributed by atoms with Gasteiger partial charge in [0, 0.05) is 38.6 Å². The molecular formula is C40H31NO3S. The highest BCUT2D eigenvalue weighted by Crippen LogP contribution is 2.46. The lowest BCUT2D eigenvalue weighted by Crippen LogP contribution is -2.35. The standard InChI is InChI=1S/C40H31NO3S/c1-28-36(24-29-18-21-34(22-19-29)45(2)43)35-23-20-30(27-41)25-38(35)37(28)26-39(42)44-40(31-12-6-3-7-13-31,32-14-8-4-9-15-32)33-16-10-5-11-17-33/h3-25H,26H2,1-2H3. The molecule has 0 saturated heterocycles. The van der Waals surface area contributed by atoms with Gasteiger partial charge in [-0.25, -0.2) is 0 Å². The Labute approximate surface area is 266 Å². The molecule has 1 aliphatic carbocycles. The van der Waals surface area contributed by atoms with Crippen LogP contribution >= 0.6 is 0 Å². The Morgan fingerprint density at radius 2 is 1.31 bits per heavy atom. The highest BCUT2D eigenvalue weighted by molar-refractivity contribution is 7.84. The van der Waals surface area contributed by atoms with Crippen LogP contribution in [0.3, 0.4) is 0 Å². The predicted molar refractivity (Wildman–Crippen MR) is 180 cm³/mol. The normalized spacial score (nSPS) is 14.1. The Morgan fingerprint density at radius 1 is 0.778 bits per heavy atom. The van der Waals surface area contributed by atoms with E-state index in [1.807, 2.05) is 134 Å². The minimum atomic E-state index is -1.18. The maximum atomic E-state index is 14.2. The molecule has 1 unspecified atom stereocenters. The summed E-state index contributed by atoms with van der Waals surface area (Å²) in [4.78, 5) is 15.0. The zero-order chi connectivity index (χ0) is 31.4. The van der Waals surface area contributed by atoms with Gasteiger partial charge in [0.05, 0.1) is 18.1 Å². The minimum absolute atomic E-state index is 0.0209. The van der Waals surface area contributed by atoms with E-state index in [4.69, 9.17) is 4.74 Å². The van der Waals surface area contributed by atoms with Crippen molar-refractivity contribution in [2.75, 3.05) is 6.26 Å². The van der Waals surface area contributed by atoms with Gasteiger partial charge < -0.3 is 4.74 Å². The molecule has 1 aliphatic rings. The van der Waals surface area contributed by atoms with Gasteiger partial charge in [-0.05, 0) is 70.7 Å². The van der Waals surface area contributed by atoms with Gasteiger partial charge in [0.2, 0.25) is 0 Å². The average molecular weight is 606 g/mol. The molecule has 220 valence electrons. The van der Waals surface area contributed by atoms with Crippen LogP contribution < -0.4 is 0 Å². The lowest BCUT2D eigenvalue weighted by atomic mass is 9.80. The Balaban J connectivity index is 1.44. The highest BCUT2D eigenvalue weighted by Gasteiger charge is 2.41. The minimum Gasteiger partial charge on any atom is -0.444 e. The van der Waals surface area contributed by atoms with E-state index in [1.165, 1.54) is 0 Å². The Kier molecular flexibility index (Phi) is 8.42. The molecule has 4 nitrogen and oxygen atoms in total. The molecule has 0 aromatic heterocycles. The number of allylic oxidation sites excluding steroid dienone is 2. The summed E-state index contributed by atoms with van der Waals surface area (Å²) in [6.07, 6.45) is 3.75. The first-order chi connectivity index (χ1) is 21.9. The lowest BCUT2D eigenvalue weighted by molar-refractivity contribution is -0.152. The van der Waals surface area contributed by atoms with Crippen LogP contribution in [-0.4, -0.2) is 16.4 Å². The maximum absolute atomic E-state index is 14.2. The van der Waals surface area contributed by atoms with Gasteiger partial charge in [-0.1, -0.05) is 109 Å².